The van der Waals surface area contributed by atoms with E-state index in [9.17, 15) is 29.4 Å². The number of ether oxygens (including phenoxy) is 1. The molecule has 0 aromatic heterocycles. The molecule has 0 saturated carbocycles. The Morgan fingerprint density at radius 2 is 1.69 bits per heavy atom. The van der Waals surface area contributed by atoms with E-state index in [1.807, 2.05) is 0 Å². The number of aryl methyl sites for hydroxylation is 1. The van der Waals surface area contributed by atoms with Crippen LogP contribution in [0.3, 0.4) is 0 Å². The number of methoxy groups -OCH3 is 1. The van der Waals surface area contributed by atoms with E-state index in [1.54, 1.807) is 43.3 Å². The highest BCUT2D eigenvalue weighted by molar-refractivity contribution is 6.32. The highest BCUT2D eigenvalue weighted by Gasteiger charge is 2.68. The number of imide groups is 1. The summed E-state index contributed by atoms with van der Waals surface area (Å²) in [5.41, 5.74) is 0.560. The number of nitrogens with one attached hydrogen (secondary N) is 1. The lowest BCUT2D eigenvalue weighted by atomic mass is 9.76. The van der Waals surface area contributed by atoms with Crippen molar-refractivity contribution in [3.63, 3.8) is 0 Å². The van der Waals surface area contributed by atoms with Crippen LogP contribution in [0.1, 0.15) is 33.1 Å². The molecule has 200 valence electrons. The number of aliphatic carboxylic acids is 1. The van der Waals surface area contributed by atoms with Crippen LogP contribution in [0.25, 0.3) is 0 Å². The Labute approximate surface area is 229 Å². The second-order valence-corrected chi connectivity index (χ2v) is 10.2. The summed E-state index contributed by atoms with van der Waals surface area (Å²) < 4.78 is 4.76. The normalized spacial score (nSPS) is 24.1. The fourth-order valence-electron chi connectivity index (χ4n) is 5.58. The molecule has 9 nitrogen and oxygen atoms in total. The van der Waals surface area contributed by atoms with Gasteiger partial charge in [0.05, 0.1) is 30.2 Å². The van der Waals surface area contributed by atoms with Gasteiger partial charge >= 0.3 is 11.9 Å². The third-order valence-corrected chi connectivity index (χ3v) is 7.97. The number of hydrogen-bond acceptors (Lipinski definition) is 7. The van der Waals surface area contributed by atoms with Crippen LogP contribution in [-0.4, -0.2) is 46.6 Å². The second kappa shape index (κ2) is 9.83. The molecule has 4 unspecified atom stereocenters. The first kappa shape index (κ1) is 26.4. The van der Waals surface area contributed by atoms with E-state index >= 15 is 0 Å². The number of phenols is 1. The molecule has 3 N–H and O–H groups in total. The van der Waals surface area contributed by atoms with Crippen molar-refractivity contribution in [2.45, 2.75) is 24.9 Å². The average molecular weight is 549 g/mol. The van der Waals surface area contributed by atoms with Crippen LogP contribution in [0.2, 0.25) is 5.02 Å². The maximum atomic E-state index is 14.0. The summed E-state index contributed by atoms with van der Waals surface area (Å²) in [6.45, 7) is 1.79. The van der Waals surface area contributed by atoms with Crippen LogP contribution in [0, 0.1) is 18.8 Å². The Bertz CT molecular complexity index is 1490. The van der Waals surface area contributed by atoms with Gasteiger partial charge in [-0.15, -0.1) is 0 Å². The first-order chi connectivity index (χ1) is 18.6. The van der Waals surface area contributed by atoms with Crippen molar-refractivity contribution in [2.24, 2.45) is 11.8 Å². The number of rotatable bonds is 6. The van der Waals surface area contributed by atoms with Crippen LogP contribution in [0.4, 0.5) is 5.69 Å². The molecule has 0 bridgehead atoms. The van der Waals surface area contributed by atoms with Crippen molar-refractivity contribution < 1.29 is 34.1 Å². The Morgan fingerprint density at radius 1 is 1.03 bits per heavy atom. The number of fused-ring (bicyclic) bond motifs is 1. The molecule has 2 aliphatic rings. The first-order valence-corrected chi connectivity index (χ1v) is 12.6. The molecule has 2 fully saturated rings. The zero-order chi connectivity index (χ0) is 28.1. The summed E-state index contributed by atoms with van der Waals surface area (Å²) in [5, 5.41) is 23.8. The van der Waals surface area contributed by atoms with Gasteiger partial charge in [-0.25, -0.2) is 9.69 Å². The number of carboxylic acid groups (broad SMARTS) is 1. The van der Waals surface area contributed by atoms with Crippen LogP contribution in [-0.2, 0) is 25.5 Å². The number of amides is 2. The lowest BCUT2D eigenvalue weighted by Crippen LogP contribution is -2.57. The molecule has 39 heavy (non-hydrogen) atoms. The predicted octanol–water partition coefficient (Wildman–Crippen LogP) is 3.66. The Hall–Kier alpha value is -4.21. The quantitative estimate of drug-likeness (QED) is 0.314. The number of benzene rings is 3. The van der Waals surface area contributed by atoms with Gasteiger partial charge in [-0.05, 0) is 60.0 Å². The topological polar surface area (TPSA) is 133 Å². The Morgan fingerprint density at radius 3 is 2.28 bits per heavy atom. The average Bonchev–Trinajstić information content (AvgIpc) is 3.40. The number of carboxylic acids is 1. The fraction of sp³-hybridized carbons (Fsp3) is 0.241. The molecule has 2 saturated heterocycles. The van der Waals surface area contributed by atoms with Crippen molar-refractivity contribution in [3.8, 4) is 5.75 Å². The third kappa shape index (κ3) is 4.33. The summed E-state index contributed by atoms with van der Waals surface area (Å²) in [6, 6.07) is 16.3. The van der Waals surface area contributed by atoms with E-state index in [2.05, 4.69) is 5.32 Å². The van der Waals surface area contributed by atoms with Gasteiger partial charge in [-0.1, -0.05) is 41.9 Å². The zero-order valence-corrected chi connectivity index (χ0v) is 21.8. The van der Waals surface area contributed by atoms with Gasteiger partial charge in [-0.3, -0.25) is 19.7 Å². The van der Waals surface area contributed by atoms with Crippen molar-refractivity contribution in [2.75, 3.05) is 12.0 Å². The summed E-state index contributed by atoms with van der Waals surface area (Å²) in [7, 11) is 1.26. The summed E-state index contributed by atoms with van der Waals surface area (Å²) in [6.07, 6.45) is -0.123. The van der Waals surface area contributed by atoms with Gasteiger partial charge in [0.25, 0.3) is 0 Å². The van der Waals surface area contributed by atoms with E-state index in [4.69, 9.17) is 16.3 Å². The van der Waals surface area contributed by atoms with Gasteiger partial charge in [-0.2, -0.15) is 0 Å². The molecule has 0 aliphatic carbocycles. The minimum Gasteiger partial charge on any atom is -0.508 e. The summed E-state index contributed by atoms with van der Waals surface area (Å²) in [4.78, 5) is 53.9. The lowest BCUT2D eigenvalue weighted by molar-refractivity contribution is -0.148. The molecule has 3 aromatic carbocycles. The largest absolute Gasteiger partial charge is 0.508 e. The van der Waals surface area contributed by atoms with Crippen LogP contribution in [0.15, 0.2) is 66.7 Å². The molecule has 3 aromatic rings. The molecule has 4 atom stereocenters. The highest BCUT2D eigenvalue weighted by Crippen LogP contribution is 2.51. The molecule has 2 heterocycles. The van der Waals surface area contributed by atoms with Crippen molar-refractivity contribution in [1.82, 2.24) is 5.32 Å². The third-order valence-electron chi connectivity index (χ3n) is 7.56. The maximum absolute atomic E-state index is 14.0. The van der Waals surface area contributed by atoms with Gasteiger partial charge in [0.2, 0.25) is 11.8 Å². The molecule has 2 aliphatic heterocycles. The molecular formula is C29H25ClN2O7. The van der Waals surface area contributed by atoms with E-state index < -0.39 is 47.2 Å². The van der Waals surface area contributed by atoms with Crippen LogP contribution >= 0.6 is 11.6 Å². The van der Waals surface area contributed by atoms with Crippen LogP contribution in [0.5, 0.6) is 5.75 Å². The number of anilines is 1. The highest BCUT2D eigenvalue weighted by atomic mass is 35.5. The van der Waals surface area contributed by atoms with E-state index in [-0.39, 0.29) is 23.4 Å². The number of halogens is 1. The summed E-state index contributed by atoms with van der Waals surface area (Å²) >= 11 is 6.30. The minimum atomic E-state index is -1.84. The number of carbonyl (C=O) groups excluding carboxylic acids is 3. The second-order valence-electron chi connectivity index (χ2n) is 9.80. The first-order valence-electron chi connectivity index (χ1n) is 12.2. The molecule has 10 heteroatoms. The number of hydrogen-bond donors (Lipinski definition) is 3. The number of nitrogens with zero attached hydrogens (tertiary/aromatic N) is 1. The molecule has 5 rings (SSSR count). The van der Waals surface area contributed by atoms with Crippen molar-refractivity contribution in [3.05, 3.63) is 94.0 Å². The van der Waals surface area contributed by atoms with Crippen molar-refractivity contribution >= 4 is 41.0 Å². The summed E-state index contributed by atoms with van der Waals surface area (Å²) in [5.74, 6) is -5.31. The van der Waals surface area contributed by atoms with E-state index in [1.165, 1.54) is 37.4 Å². The molecule has 0 spiro atoms. The predicted molar refractivity (Wildman–Crippen MR) is 141 cm³/mol. The molecular weight excluding hydrogens is 524 g/mol. The number of carbonyl (C=O) groups is 4. The fourth-order valence-corrected chi connectivity index (χ4v) is 5.75. The monoisotopic (exact) mass is 548 g/mol. The zero-order valence-electron chi connectivity index (χ0n) is 21.1. The minimum absolute atomic E-state index is 0.0125. The van der Waals surface area contributed by atoms with Gasteiger partial charge in [0.15, 0.2) is 0 Å². The smallest absolute Gasteiger partial charge is 0.337 e. The Kier molecular flexibility index (Phi) is 6.65. The lowest BCUT2D eigenvalue weighted by Gasteiger charge is -2.31. The van der Waals surface area contributed by atoms with Crippen LogP contribution < -0.4 is 10.2 Å². The van der Waals surface area contributed by atoms with Gasteiger partial charge < -0.3 is 14.9 Å². The van der Waals surface area contributed by atoms with Gasteiger partial charge in [0, 0.05) is 17.5 Å². The van der Waals surface area contributed by atoms with Gasteiger partial charge in [0.1, 0.15) is 11.3 Å². The molecule has 0 radical (unpaired) electrons. The number of phenolic OH excluding ortho intramolecular Hbond substituents is 1. The van der Waals surface area contributed by atoms with Crippen molar-refractivity contribution in [1.29, 1.82) is 0 Å². The molecule has 2 amide bonds. The number of aromatic hydroxyl groups is 1. The van der Waals surface area contributed by atoms with E-state index in [0.717, 1.165) is 10.5 Å². The maximum Gasteiger partial charge on any atom is 0.337 e. The SMILES string of the molecule is COC(=O)c1ccc(C2NC(Cc3ccc(O)cc3)(C(=O)O)C3C(=O)N(c4ccc(C)c(Cl)c4)C(=O)C23)cc1. The standard InChI is InChI=1S/C29H25ClN2O7/c1-15-3-10-19(13-21(15)30)32-25(34)22-23(26(32)35)29(28(37)38,14-16-4-11-20(33)12-5-16)31-24(22)17-6-8-18(9-7-17)27(36)39-2/h3-13,22-24,31,33H,14H2,1-2H3,(H,37,38). The Balaban J connectivity index is 1.63. The number of esters is 1. The van der Waals surface area contributed by atoms with E-state index in [0.29, 0.717) is 16.1 Å².